The highest BCUT2D eigenvalue weighted by Crippen LogP contribution is 2.40. The molecule has 0 amide bonds. The molecule has 1 rings (SSSR count). The van der Waals surface area contributed by atoms with E-state index in [4.69, 9.17) is 5.73 Å². The topological polar surface area (TPSA) is 26.0 Å². The Labute approximate surface area is 86.8 Å². The molecule has 1 saturated carbocycles. The van der Waals surface area contributed by atoms with Crippen LogP contribution >= 0.6 is 11.8 Å². The van der Waals surface area contributed by atoms with E-state index in [1.165, 1.54) is 19.3 Å². The minimum Gasteiger partial charge on any atom is -0.327 e. The molecule has 0 spiro atoms. The molecule has 2 heteroatoms. The van der Waals surface area contributed by atoms with Gasteiger partial charge in [-0.05, 0) is 36.9 Å². The van der Waals surface area contributed by atoms with Crippen LogP contribution in [0.1, 0.15) is 40.0 Å². The Balaban J connectivity index is 2.55. The van der Waals surface area contributed by atoms with Crippen molar-refractivity contribution >= 4 is 11.8 Å². The van der Waals surface area contributed by atoms with E-state index in [9.17, 15) is 0 Å². The summed E-state index contributed by atoms with van der Waals surface area (Å²) in [4.78, 5) is 0. The first-order chi connectivity index (χ1) is 5.95. The molecule has 13 heavy (non-hydrogen) atoms. The molecule has 1 aliphatic rings. The molecular formula is C11H23NS. The molecule has 0 bridgehead atoms. The molecule has 0 aliphatic heterocycles. The second-order valence-electron chi connectivity index (χ2n) is 5.31. The van der Waals surface area contributed by atoms with Crippen LogP contribution in [0.5, 0.6) is 0 Å². The molecule has 78 valence electrons. The minimum absolute atomic E-state index is 0.439. The first-order valence-electron chi connectivity index (χ1n) is 5.23. The molecule has 0 aromatic heterocycles. The number of thioether (sulfide) groups is 1. The second-order valence-corrected chi connectivity index (χ2v) is 6.39. The quantitative estimate of drug-likeness (QED) is 0.706. The summed E-state index contributed by atoms with van der Waals surface area (Å²) >= 11 is 1.95. The Morgan fingerprint density at radius 3 is 2.31 bits per heavy atom. The third-order valence-electron chi connectivity index (χ3n) is 3.37. The van der Waals surface area contributed by atoms with Crippen molar-refractivity contribution in [2.24, 2.45) is 17.1 Å². The van der Waals surface area contributed by atoms with E-state index in [0.29, 0.717) is 16.7 Å². The molecular weight excluding hydrogens is 178 g/mol. The molecule has 1 fully saturated rings. The molecule has 0 aromatic rings. The van der Waals surface area contributed by atoms with Gasteiger partial charge < -0.3 is 5.73 Å². The Morgan fingerprint density at radius 2 is 1.85 bits per heavy atom. The number of hydrogen-bond acceptors (Lipinski definition) is 2. The summed E-state index contributed by atoms with van der Waals surface area (Å²) in [5.41, 5.74) is 6.54. The van der Waals surface area contributed by atoms with Crippen LogP contribution < -0.4 is 5.73 Å². The lowest BCUT2D eigenvalue weighted by Crippen LogP contribution is -2.41. The molecule has 0 radical (unpaired) electrons. The summed E-state index contributed by atoms with van der Waals surface area (Å²) in [5, 5.41) is 0.693. The maximum Gasteiger partial charge on any atom is 0.0199 e. The van der Waals surface area contributed by atoms with Gasteiger partial charge in [-0.15, -0.1) is 0 Å². The smallest absolute Gasteiger partial charge is 0.0199 e. The largest absolute Gasteiger partial charge is 0.327 e. The van der Waals surface area contributed by atoms with E-state index in [2.05, 4.69) is 27.0 Å². The van der Waals surface area contributed by atoms with Crippen LogP contribution in [-0.4, -0.2) is 17.5 Å². The first-order valence-corrected chi connectivity index (χ1v) is 6.52. The number of nitrogens with two attached hydrogens (primary N) is 1. The summed E-state index contributed by atoms with van der Waals surface area (Å²) in [6, 6.07) is 0.439. The Morgan fingerprint density at radius 1 is 1.23 bits per heavy atom. The van der Waals surface area contributed by atoms with Gasteiger partial charge in [0.1, 0.15) is 0 Å². The van der Waals surface area contributed by atoms with Crippen molar-refractivity contribution in [1.82, 2.24) is 0 Å². The van der Waals surface area contributed by atoms with Gasteiger partial charge in [0.15, 0.2) is 0 Å². The van der Waals surface area contributed by atoms with Gasteiger partial charge in [-0.1, -0.05) is 20.8 Å². The lowest BCUT2D eigenvalue weighted by Gasteiger charge is -2.40. The monoisotopic (exact) mass is 201 g/mol. The molecule has 1 aliphatic carbocycles. The van der Waals surface area contributed by atoms with E-state index in [1.54, 1.807) is 0 Å². The van der Waals surface area contributed by atoms with Gasteiger partial charge in [0.25, 0.3) is 0 Å². The summed E-state index contributed by atoms with van der Waals surface area (Å²) < 4.78 is 0. The zero-order valence-electron chi connectivity index (χ0n) is 9.34. The molecule has 3 unspecified atom stereocenters. The number of rotatable bonds is 1. The van der Waals surface area contributed by atoms with E-state index in [-0.39, 0.29) is 0 Å². The van der Waals surface area contributed by atoms with E-state index in [1.807, 2.05) is 11.8 Å². The van der Waals surface area contributed by atoms with Crippen LogP contribution in [0, 0.1) is 11.3 Å². The highest BCUT2D eigenvalue weighted by atomic mass is 32.2. The highest BCUT2D eigenvalue weighted by Gasteiger charge is 2.33. The standard InChI is InChI=1S/C11H23NS/c1-11(2,3)8-5-6-9(12)10(7-8)13-4/h8-10H,5-7,12H2,1-4H3. The third-order valence-corrected chi connectivity index (χ3v) is 4.52. The van der Waals surface area contributed by atoms with E-state index >= 15 is 0 Å². The summed E-state index contributed by atoms with van der Waals surface area (Å²) in [6.45, 7) is 7.06. The fourth-order valence-corrected chi connectivity index (χ4v) is 3.12. The van der Waals surface area contributed by atoms with E-state index in [0.717, 1.165) is 5.92 Å². The lowest BCUT2D eigenvalue weighted by molar-refractivity contribution is 0.174. The van der Waals surface area contributed by atoms with Crippen LogP contribution in [0.25, 0.3) is 0 Å². The van der Waals surface area contributed by atoms with Crippen molar-refractivity contribution in [1.29, 1.82) is 0 Å². The maximum atomic E-state index is 6.07. The molecule has 3 atom stereocenters. The molecule has 0 aromatic carbocycles. The van der Waals surface area contributed by atoms with Crippen LogP contribution in [0.3, 0.4) is 0 Å². The molecule has 2 N–H and O–H groups in total. The van der Waals surface area contributed by atoms with Crippen molar-refractivity contribution < 1.29 is 0 Å². The predicted octanol–water partition coefficient (Wildman–Crippen LogP) is 2.89. The van der Waals surface area contributed by atoms with Gasteiger partial charge in [-0.25, -0.2) is 0 Å². The zero-order chi connectivity index (χ0) is 10.1. The summed E-state index contributed by atoms with van der Waals surface area (Å²) in [6.07, 6.45) is 6.04. The van der Waals surface area contributed by atoms with Crippen molar-refractivity contribution in [3.63, 3.8) is 0 Å². The maximum absolute atomic E-state index is 6.07. The van der Waals surface area contributed by atoms with Gasteiger partial charge in [0.05, 0.1) is 0 Å². The minimum atomic E-state index is 0.439. The first kappa shape index (κ1) is 11.4. The SMILES string of the molecule is CSC1CC(C(C)(C)C)CCC1N. The van der Waals surface area contributed by atoms with Gasteiger partial charge in [-0.2, -0.15) is 11.8 Å². The van der Waals surface area contributed by atoms with Crippen LogP contribution in [0.2, 0.25) is 0 Å². The van der Waals surface area contributed by atoms with Crippen molar-refractivity contribution in [2.75, 3.05) is 6.26 Å². The molecule has 0 heterocycles. The average molecular weight is 201 g/mol. The van der Waals surface area contributed by atoms with Gasteiger partial charge in [0, 0.05) is 11.3 Å². The van der Waals surface area contributed by atoms with Crippen LogP contribution in [0.4, 0.5) is 0 Å². The summed E-state index contributed by atoms with van der Waals surface area (Å²) in [7, 11) is 0. The van der Waals surface area contributed by atoms with Crippen molar-refractivity contribution in [3.8, 4) is 0 Å². The highest BCUT2D eigenvalue weighted by molar-refractivity contribution is 7.99. The number of hydrogen-bond donors (Lipinski definition) is 1. The Hall–Kier alpha value is 0.310. The normalized spacial score (nSPS) is 36.2. The fraction of sp³-hybridized carbons (Fsp3) is 1.00. The molecule has 1 nitrogen and oxygen atoms in total. The van der Waals surface area contributed by atoms with Crippen molar-refractivity contribution in [3.05, 3.63) is 0 Å². The van der Waals surface area contributed by atoms with Crippen molar-refractivity contribution in [2.45, 2.75) is 51.3 Å². The van der Waals surface area contributed by atoms with Gasteiger partial charge in [0.2, 0.25) is 0 Å². The van der Waals surface area contributed by atoms with Gasteiger partial charge >= 0.3 is 0 Å². The zero-order valence-corrected chi connectivity index (χ0v) is 10.2. The predicted molar refractivity (Wildman–Crippen MR) is 62.1 cm³/mol. The van der Waals surface area contributed by atoms with Crippen LogP contribution in [0.15, 0.2) is 0 Å². The Bertz CT molecular complexity index is 162. The average Bonchev–Trinajstić information content (AvgIpc) is 2.03. The third kappa shape index (κ3) is 2.88. The summed E-state index contributed by atoms with van der Waals surface area (Å²) in [5.74, 6) is 0.866. The Kier molecular flexibility index (Phi) is 3.70. The molecule has 0 saturated heterocycles. The van der Waals surface area contributed by atoms with E-state index < -0.39 is 0 Å². The fourth-order valence-electron chi connectivity index (χ4n) is 2.21. The second kappa shape index (κ2) is 4.22. The van der Waals surface area contributed by atoms with Crippen LogP contribution in [-0.2, 0) is 0 Å². The van der Waals surface area contributed by atoms with Gasteiger partial charge in [-0.3, -0.25) is 0 Å². The lowest BCUT2D eigenvalue weighted by atomic mass is 9.71.